The summed E-state index contributed by atoms with van der Waals surface area (Å²) in [4.78, 5) is 104. The molecule has 6 rings (SSSR count). The number of aliphatic imine (C=N–C) groups is 2. The monoisotopic (exact) mass is 899 g/mol. The van der Waals surface area contributed by atoms with Gasteiger partial charge in [0.1, 0.15) is 30.2 Å². The van der Waals surface area contributed by atoms with Gasteiger partial charge in [-0.15, -0.1) is 0 Å². The van der Waals surface area contributed by atoms with E-state index < -0.39 is 59.8 Å². The van der Waals surface area contributed by atoms with Gasteiger partial charge in [0, 0.05) is 45.1 Å². The van der Waals surface area contributed by atoms with Crippen LogP contribution >= 0.6 is 0 Å². The van der Waals surface area contributed by atoms with E-state index in [1.807, 2.05) is 54.6 Å². The molecule has 0 aromatic heterocycles. The van der Waals surface area contributed by atoms with Crippen LogP contribution in [0.4, 0.5) is 5.69 Å². The maximum absolute atomic E-state index is 14.5. The Kier molecular flexibility index (Phi) is 19.3. The van der Waals surface area contributed by atoms with Crippen LogP contribution in [0, 0.1) is 5.92 Å². The molecule has 2 aromatic rings. The molecule has 1 saturated carbocycles. The molecule has 18 heteroatoms. The lowest BCUT2D eigenvalue weighted by molar-refractivity contribution is -0.142. The normalized spacial score (nSPS) is 24.3. The molecular weight excluding hydrogens is 833 g/mol. The zero-order valence-corrected chi connectivity index (χ0v) is 37.3. The Hall–Kier alpha value is -6.33. The van der Waals surface area contributed by atoms with Crippen LogP contribution in [0.25, 0.3) is 0 Å². The number of carbonyl (C=O) groups excluding carboxylic acids is 6. The van der Waals surface area contributed by atoms with Crippen molar-refractivity contribution in [3.05, 3.63) is 65.7 Å². The molecule has 2 aromatic carbocycles. The SMILES string of the molecule is CC(=O)O.NC(N)=NCCCC1NC(=O)C(CC2C=Nc3ccccc32)NC(=O)C(CC2CCCCC2)NC(=O)C2CCCN2C(=O)C(NC(=O)CCc2ccccc2)CCCNC1=O. The highest BCUT2D eigenvalue weighted by Crippen LogP contribution is 2.35. The number of hydrogen-bond acceptors (Lipinski definition) is 9. The molecular formula is C47H66N10O8. The van der Waals surface area contributed by atoms with Crippen molar-refractivity contribution in [2.24, 2.45) is 27.4 Å². The van der Waals surface area contributed by atoms with Crippen LogP contribution < -0.4 is 38.1 Å². The number of benzene rings is 2. The van der Waals surface area contributed by atoms with Gasteiger partial charge in [-0.3, -0.25) is 43.5 Å². The lowest BCUT2D eigenvalue weighted by Gasteiger charge is -2.32. The van der Waals surface area contributed by atoms with E-state index in [0.717, 1.165) is 55.8 Å². The minimum Gasteiger partial charge on any atom is -0.481 e. The van der Waals surface area contributed by atoms with E-state index in [1.54, 1.807) is 6.21 Å². The van der Waals surface area contributed by atoms with Gasteiger partial charge in [-0.25, -0.2) is 0 Å². The second-order valence-corrected chi connectivity index (χ2v) is 17.3. The van der Waals surface area contributed by atoms with Gasteiger partial charge < -0.3 is 48.1 Å². The molecule has 1 aliphatic carbocycles. The first-order valence-corrected chi connectivity index (χ1v) is 23.0. The molecule has 3 heterocycles. The third-order valence-corrected chi connectivity index (χ3v) is 12.3. The molecule has 10 N–H and O–H groups in total. The summed E-state index contributed by atoms with van der Waals surface area (Å²) in [5, 5.41) is 22.2. The number of fused-ring (bicyclic) bond motifs is 2. The van der Waals surface area contributed by atoms with Gasteiger partial charge in [-0.1, -0.05) is 80.6 Å². The highest BCUT2D eigenvalue weighted by molar-refractivity contribution is 5.97. The number of nitrogens with one attached hydrogen (secondary N) is 5. The Morgan fingerprint density at radius 2 is 1.46 bits per heavy atom. The number of nitrogens with zero attached hydrogens (tertiary/aromatic N) is 3. The molecule has 3 aliphatic heterocycles. The number of carbonyl (C=O) groups is 7. The van der Waals surface area contributed by atoms with E-state index in [9.17, 15) is 28.8 Å². The zero-order valence-electron chi connectivity index (χ0n) is 37.3. The molecule has 0 spiro atoms. The van der Waals surface area contributed by atoms with Crippen molar-refractivity contribution in [2.75, 3.05) is 19.6 Å². The summed E-state index contributed by atoms with van der Waals surface area (Å²) in [5.41, 5.74) is 13.8. The third-order valence-electron chi connectivity index (χ3n) is 12.3. The molecule has 2 saturated heterocycles. The minimum atomic E-state index is -1.09. The number of nitrogens with two attached hydrogens (primary N) is 2. The first-order valence-electron chi connectivity index (χ1n) is 23.0. The van der Waals surface area contributed by atoms with Crippen LogP contribution in [-0.4, -0.2) is 113 Å². The fraction of sp³-hybridized carbons (Fsp3) is 0.553. The van der Waals surface area contributed by atoms with E-state index in [0.29, 0.717) is 45.1 Å². The van der Waals surface area contributed by atoms with Crippen molar-refractivity contribution in [1.29, 1.82) is 0 Å². The fourth-order valence-electron chi connectivity index (χ4n) is 8.99. The Labute approximate surface area is 380 Å². The molecule has 0 radical (unpaired) electrons. The second kappa shape index (κ2) is 25.2. The van der Waals surface area contributed by atoms with Crippen LogP contribution in [0.2, 0.25) is 0 Å². The third kappa shape index (κ3) is 15.7. The molecule has 352 valence electrons. The van der Waals surface area contributed by atoms with Crippen molar-refractivity contribution in [3.63, 3.8) is 0 Å². The van der Waals surface area contributed by atoms with Crippen molar-refractivity contribution in [3.8, 4) is 0 Å². The average molecular weight is 899 g/mol. The number of hydrogen-bond donors (Lipinski definition) is 8. The van der Waals surface area contributed by atoms with Gasteiger partial charge in [0.15, 0.2) is 5.96 Å². The highest BCUT2D eigenvalue weighted by atomic mass is 16.4. The highest BCUT2D eigenvalue weighted by Gasteiger charge is 2.40. The molecule has 65 heavy (non-hydrogen) atoms. The van der Waals surface area contributed by atoms with Gasteiger partial charge in [-0.2, -0.15) is 0 Å². The van der Waals surface area contributed by atoms with Gasteiger partial charge in [0.05, 0.1) is 5.69 Å². The predicted molar refractivity (Wildman–Crippen MR) is 246 cm³/mol. The topological polar surface area (TPSA) is 280 Å². The van der Waals surface area contributed by atoms with E-state index in [4.69, 9.17) is 21.4 Å². The van der Waals surface area contributed by atoms with Crippen LogP contribution in [0.15, 0.2) is 64.6 Å². The summed E-state index contributed by atoms with van der Waals surface area (Å²) in [7, 11) is 0. The first kappa shape index (κ1) is 49.7. The van der Waals surface area contributed by atoms with Crippen molar-refractivity contribution >= 4 is 59.3 Å². The number of guanidine groups is 1. The van der Waals surface area contributed by atoms with Gasteiger partial charge in [0.2, 0.25) is 35.4 Å². The number of para-hydroxylation sites is 1. The summed E-state index contributed by atoms with van der Waals surface area (Å²) in [5.74, 6) is -3.69. The second-order valence-electron chi connectivity index (χ2n) is 17.3. The average Bonchev–Trinajstić information content (AvgIpc) is 3.95. The van der Waals surface area contributed by atoms with Crippen LogP contribution in [0.3, 0.4) is 0 Å². The predicted octanol–water partition coefficient (Wildman–Crippen LogP) is 2.46. The zero-order chi connectivity index (χ0) is 46.7. The van der Waals surface area contributed by atoms with Crippen LogP contribution in [0.1, 0.15) is 114 Å². The Morgan fingerprint density at radius 1 is 0.800 bits per heavy atom. The van der Waals surface area contributed by atoms with Crippen molar-refractivity contribution < 1.29 is 38.7 Å². The summed E-state index contributed by atoms with van der Waals surface area (Å²) < 4.78 is 0. The largest absolute Gasteiger partial charge is 0.481 e. The number of aryl methyl sites for hydroxylation is 1. The maximum atomic E-state index is 14.5. The van der Waals surface area contributed by atoms with E-state index in [-0.39, 0.29) is 68.4 Å². The van der Waals surface area contributed by atoms with E-state index in [2.05, 4.69) is 36.6 Å². The lowest BCUT2D eigenvalue weighted by atomic mass is 9.84. The number of rotatable bonds is 12. The number of carboxylic acid groups (broad SMARTS) is 1. The van der Waals surface area contributed by atoms with Crippen LogP contribution in [-0.2, 0) is 40.0 Å². The van der Waals surface area contributed by atoms with Crippen LogP contribution in [0.5, 0.6) is 0 Å². The fourth-order valence-corrected chi connectivity index (χ4v) is 8.99. The molecule has 18 nitrogen and oxygen atoms in total. The number of carboxylic acids is 1. The van der Waals surface area contributed by atoms with Crippen molar-refractivity contribution in [1.82, 2.24) is 31.5 Å². The standard InChI is InChI=1S/C45H62N10O6.C2H4O2/c46-45(47)49-24-9-18-34-40(57)48-23-10-19-35(51-39(56)22-21-29-12-3-1-4-13-29)44(61)55-25-11-20-38(55)43(60)54-36(26-30-14-5-2-6-15-30)41(58)53-37(42(59)52-34)27-31-28-50-33-17-8-7-16-32(31)33;1-2(3)4/h1,3-4,7-8,12-13,16-17,28,30-31,34-38H,2,5-6,9-11,14-15,18-27H2,(H,48,57)(H,51,56)(H,52,59)(H,53,58)(H,54,60)(H4,46,47,49);1H3,(H,3,4). The molecule has 3 fully saturated rings. The smallest absolute Gasteiger partial charge is 0.300 e. The van der Waals surface area contributed by atoms with Gasteiger partial charge >= 0.3 is 0 Å². The minimum absolute atomic E-state index is 0.0918. The van der Waals surface area contributed by atoms with E-state index in [1.165, 1.54) is 4.90 Å². The van der Waals surface area contributed by atoms with E-state index >= 15 is 0 Å². The number of aliphatic carboxylic acids is 1. The quantitative estimate of drug-likeness (QED) is 0.0876. The molecule has 6 amide bonds. The summed E-state index contributed by atoms with van der Waals surface area (Å²) in [6.45, 7) is 1.77. The lowest BCUT2D eigenvalue weighted by Crippen LogP contribution is -2.59. The first-order chi connectivity index (χ1) is 31.3. The summed E-state index contributed by atoms with van der Waals surface area (Å²) in [6, 6.07) is 12.3. The maximum Gasteiger partial charge on any atom is 0.300 e. The molecule has 0 bridgehead atoms. The Morgan fingerprint density at radius 3 is 2.18 bits per heavy atom. The number of amides is 6. The Balaban J connectivity index is 0.00000190. The summed E-state index contributed by atoms with van der Waals surface area (Å²) in [6.07, 6.45) is 9.98. The molecule has 6 atom stereocenters. The molecule has 4 aliphatic rings. The molecule has 6 unspecified atom stereocenters. The van der Waals surface area contributed by atoms with Gasteiger partial charge in [0.25, 0.3) is 5.97 Å². The van der Waals surface area contributed by atoms with Gasteiger partial charge in [-0.05, 0) is 80.9 Å². The summed E-state index contributed by atoms with van der Waals surface area (Å²) >= 11 is 0. The Bertz CT molecular complexity index is 2020. The van der Waals surface area contributed by atoms with Crippen molar-refractivity contribution in [2.45, 2.75) is 139 Å².